The number of carbonyl (C=O) groups excluding carboxylic acids is 1. The molecule has 134 valence electrons. The van der Waals surface area contributed by atoms with Crippen LogP contribution < -0.4 is 5.32 Å². The highest BCUT2D eigenvalue weighted by atomic mass is 32.1. The van der Waals surface area contributed by atoms with Crippen molar-refractivity contribution in [3.63, 3.8) is 0 Å². The van der Waals surface area contributed by atoms with Gasteiger partial charge in [0.05, 0.1) is 6.26 Å². The van der Waals surface area contributed by atoms with Crippen molar-refractivity contribution in [2.75, 3.05) is 0 Å². The molecule has 1 saturated carbocycles. The number of nitrogens with zero attached hydrogens (tertiary/aromatic N) is 2. The fourth-order valence-corrected chi connectivity index (χ4v) is 3.93. The number of carbonyl (C=O) groups is 1. The van der Waals surface area contributed by atoms with Crippen LogP contribution in [-0.4, -0.2) is 26.9 Å². The molecule has 0 aromatic carbocycles. The van der Waals surface area contributed by atoms with E-state index >= 15 is 0 Å². The molecule has 0 unspecified atom stereocenters. The first-order valence-electron chi connectivity index (χ1n) is 8.70. The van der Waals surface area contributed by atoms with Gasteiger partial charge in [-0.15, -0.1) is 0 Å². The molecule has 0 spiro atoms. The molecule has 5 nitrogen and oxygen atoms in total. The van der Waals surface area contributed by atoms with Crippen molar-refractivity contribution in [3.8, 4) is 11.1 Å². The Labute approximate surface area is 155 Å². The first-order valence-corrected chi connectivity index (χ1v) is 9.10. The maximum absolute atomic E-state index is 14.0. The van der Waals surface area contributed by atoms with Crippen molar-refractivity contribution in [3.05, 3.63) is 48.1 Å². The summed E-state index contributed by atoms with van der Waals surface area (Å²) in [6.07, 6.45) is 9.79. The van der Waals surface area contributed by atoms with Gasteiger partial charge in [0.2, 0.25) is 5.95 Å². The summed E-state index contributed by atoms with van der Waals surface area (Å²) in [5.74, 6) is -0.351. The minimum Gasteiger partial charge on any atom is -0.464 e. The van der Waals surface area contributed by atoms with Crippen LogP contribution in [0.4, 0.5) is 4.39 Å². The number of hydrogen-bond acceptors (Lipinski definition) is 4. The summed E-state index contributed by atoms with van der Waals surface area (Å²) in [5.41, 5.74) is 1.21. The van der Waals surface area contributed by atoms with Gasteiger partial charge in [-0.3, -0.25) is 9.69 Å². The van der Waals surface area contributed by atoms with Crippen LogP contribution in [0.25, 0.3) is 17.2 Å². The molecule has 26 heavy (non-hydrogen) atoms. The number of furan rings is 1. The van der Waals surface area contributed by atoms with Gasteiger partial charge < -0.3 is 9.73 Å². The summed E-state index contributed by atoms with van der Waals surface area (Å²) in [4.78, 5) is 18.2. The zero-order valence-electron chi connectivity index (χ0n) is 14.1. The molecule has 4 rings (SSSR count). The van der Waals surface area contributed by atoms with Gasteiger partial charge in [0, 0.05) is 29.4 Å². The predicted molar refractivity (Wildman–Crippen MR) is 99.3 cm³/mol. The third kappa shape index (κ3) is 3.03. The number of thiocarbonyl (C=S) groups is 1. The molecule has 0 atom stereocenters. The Morgan fingerprint density at radius 1 is 1.27 bits per heavy atom. The highest BCUT2D eigenvalue weighted by Crippen LogP contribution is 2.30. The summed E-state index contributed by atoms with van der Waals surface area (Å²) >= 11 is 5.37. The Kier molecular flexibility index (Phi) is 4.55. The molecule has 1 N–H and O–H groups in total. The van der Waals surface area contributed by atoms with Crippen LogP contribution >= 0.6 is 12.2 Å². The highest BCUT2D eigenvalue weighted by Gasteiger charge is 2.36. The average Bonchev–Trinajstić information content (AvgIpc) is 3.21. The summed E-state index contributed by atoms with van der Waals surface area (Å²) in [5, 5.41) is 3.41. The van der Waals surface area contributed by atoms with Gasteiger partial charge in [-0.25, -0.2) is 4.98 Å². The van der Waals surface area contributed by atoms with Crippen LogP contribution in [0.3, 0.4) is 0 Å². The van der Waals surface area contributed by atoms with Gasteiger partial charge in [-0.1, -0.05) is 19.3 Å². The average molecular weight is 371 g/mol. The predicted octanol–water partition coefficient (Wildman–Crippen LogP) is 3.87. The van der Waals surface area contributed by atoms with Crippen molar-refractivity contribution in [2.24, 2.45) is 0 Å². The molecule has 2 aliphatic rings. The number of rotatable bonds is 3. The standard InChI is InChI=1S/C19H18FN3O2S/c20-17-14(7-4-9-21-17)13-8-10-25-16(13)11-15-18(24)23(19(26)22-15)12-5-2-1-3-6-12/h4,7-12H,1-3,5-6H2,(H,22,26)/b15-11-. The normalized spacial score (nSPS) is 20.0. The SMILES string of the molecule is O=C1/C(=C/c2occc2-c2cccnc2F)NC(=S)N1C1CCCCC1. The molecule has 0 bridgehead atoms. The Morgan fingerprint density at radius 3 is 2.85 bits per heavy atom. The van der Waals surface area contributed by atoms with E-state index in [9.17, 15) is 9.18 Å². The number of hydrogen-bond donors (Lipinski definition) is 1. The molecule has 1 saturated heterocycles. The molecule has 1 aliphatic carbocycles. The molecule has 1 amide bonds. The third-order valence-electron chi connectivity index (χ3n) is 4.87. The van der Waals surface area contributed by atoms with E-state index in [0.29, 0.717) is 27.7 Å². The molecule has 0 radical (unpaired) electrons. The Balaban J connectivity index is 1.64. The van der Waals surface area contributed by atoms with Crippen molar-refractivity contribution >= 4 is 29.3 Å². The molecule has 7 heteroatoms. The van der Waals surface area contributed by atoms with Crippen molar-refractivity contribution in [1.82, 2.24) is 15.2 Å². The van der Waals surface area contributed by atoms with Gasteiger partial charge >= 0.3 is 0 Å². The lowest BCUT2D eigenvalue weighted by molar-refractivity contribution is -0.124. The quantitative estimate of drug-likeness (QED) is 0.504. The summed E-state index contributed by atoms with van der Waals surface area (Å²) in [7, 11) is 0. The Hall–Kier alpha value is -2.54. The molecular formula is C19H18FN3O2S. The highest BCUT2D eigenvalue weighted by molar-refractivity contribution is 7.80. The van der Waals surface area contributed by atoms with E-state index in [1.165, 1.54) is 18.9 Å². The molecule has 2 aromatic rings. The minimum atomic E-state index is -0.585. The molecule has 2 aromatic heterocycles. The maximum Gasteiger partial charge on any atom is 0.276 e. The van der Waals surface area contributed by atoms with E-state index < -0.39 is 5.95 Å². The van der Waals surface area contributed by atoms with Gasteiger partial charge in [-0.05, 0) is 43.3 Å². The van der Waals surface area contributed by atoms with Crippen LogP contribution in [0.15, 0.2) is 40.8 Å². The van der Waals surface area contributed by atoms with Crippen molar-refractivity contribution < 1.29 is 13.6 Å². The molecule has 3 heterocycles. The van der Waals surface area contributed by atoms with Gasteiger partial charge in [0.15, 0.2) is 5.11 Å². The van der Waals surface area contributed by atoms with Crippen LogP contribution in [0.1, 0.15) is 37.9 Å². The lowest BCUT2D eigenvalue weighted by atomic mass is 9.94. The van der Waals surface area contributed by atoms with Gasteiger partial charge in [0.25, 0.3) is 5.91 Å². The number of amides is 1. The second-order valence-corrected chi connectivity index (χ2v) is 6.88. The van der Waals surface area contributed by atoms with E-state index in [1.807, 2.05) is 0 Å². The molecule has 2 fully saturated rings. The zero-order valence-corrected chi connectivity index (χ0v) is 14.9. The Bertz CT molecular complexity index is 886. The monoisotopic (exact) mass is 371 g/mol. The van der Waals surface area contributed by atoms with E-state index in [0.717, 1.165) is 25.7 Å². The zero-order chi connectivity index (χ0) is 18.1. The number of pyridine rings is 1. The molecule has 1 aliphatic heterocycles. The fourth-order valence-electron chi connectivity index (χ4n) is 3.59. The Morgan fingerprint density at radius 2 is 2.08 bits per heavy atom. The molecular weight excluding hydrogens is 353 g/mol. The van der Waals surface area contributed by atoms with E-state index in [-0.39, 0.29) is 11.9 Å². The largest absolute Gasteiger partial charge is 0.464 e. The van der Waals surface area contributed by atoms with Gasteiger partial charge in [-0.2, -0.15) is 4.39 Å². The second-order valence-electron chi connectivity index (χ2n) is 6.50. The van der Waals surface area contributed by atoms with Crippen molar-refractivity contribution in [2.45, 2.75) is 38.1 Å². The summed E-state index contributed by atoms with van der Waals surface area (Å²) in [6.45, 7) is 0. The lowest BCUT2D eigenvalue weighted by Gasteiger charge is -2.29. The smallest absolute Gasteiger partial charge is 0.276 e. The van der Waals surface area contributed by atoms with Crippen LogP contribution in [-0.2, 0) is 4.79 Å². The van der Waals surface area contributed by atoms with E-state index in [1.54, 1.807) is 29.2 Å². The minimum absolute atomic E-state index is 0.147. The maximum atomic E-state index is 14.0. The topological polar surface area (TPSA) is 58.4 Å². The van der Waals surface area contributed by atoms with E-state index in [4.69, 9.17) is 16.6 Å². The van der Waals surface area contributed by atoms with E-state index in [2.05, 4.69) is 10.3 Å². The van der Waals surface area contributed by atoms with Crippen LogP contribution in [0.5, 0.6) is 0 Å². The number of aromatic nitrogens is 1. The first kappa shape index (κ1) is 16.9. The first-order chi connectivity index (χ1) is 12.6. The second kappa shape index (κ2) is 6.99. The fraction of sp³-hybridized carbons (Fsp3) is 0.316. The van der Waals surface area contributed by atoms with Gasteiger partial charge in [0.1, 0.15) is 11.5 Å². The van der Waals surface area contributed by atoms with Crippen LogP contribution in [0.2, 0.25) is 0 Å². The summed E-state index contributed by atoms with van der Waals surface area (Å²) in [6, 6.07) is 5.08. The number of nitrogens with one attached hydrogen (secondary N) is 1. The summed E-state index contributed by atoms with van der Waals surface area (Å²) < 4.78 is 19.5. The third-order valence-corrected chi connectivity index (χ3v) is 5.17. The number of halogens is 1. The van der Waals surface area contributed by atoms with Crippen molar-refractivity contribution in [1.29, 1.82) is 0 Å². The lowest BCUT2D eigenvalue weighted by Crippen LogP contribution is -2.41. The van der Waals surface area contributed by atoms with Crippen LogP contribution in [0, 0.1) is 5.95 Å².